The Labute approximate surface area is 128 Å². The molecule has 1 unspecified atom stereocenters. The zero-order valence-corrected chi connectivity index (χ0v) is 13.5. The summed E-state index contributed by atoms with van der Waals surface area (Å²) >= 11 is 0. The molecule has 4 heteroatoms. The molecule has 1 N–H and O–H groups in total. The van der Waals surface area contributed by atoms with Crippen molar-refractivity contribution in [3.05, 3.63) is 11.7 Å². The third-order valence-corrected chi connectivity index (χ3v) is 5.48. The monoisotopic (exact) mass is 291 g/mol. The molecule has 0 bridgehead atoms. The topological polar surface area (TPSA) is 51.0 Å². The maximum atomic E-state index is 5.74. The van der Waals surface area contributed by atoms with Gasteiger partial charge >= 0.3 is 0 Å². The number of piperidine rings is 1. The Kier molecular flexibility index (Phi) is 4.63. The molecule has 0 amide bonds. The summed E-state index contributed by atoms with van der Waals surface area (Å²) in [4.78, 5) is 4.86. The lowest BCUT2D eigenvalue weighted by atomic mass is 9.76. The highest BCUT2D eigenvalue weighted by Gasteiger charge is 2.39. The Hall–Kier alpha value is -0.900. The van der Waals surface area contributed by atoms with Crippen molar-refractivity contribution in [3.8, 4) is 0 Å². The third kappa shape index (κ3) is 3.15. The minimum absolute atomic E-state index is 0.0835. The van der Waals surface area contributed by atoms with Crippen LogP contribution in [0.25, 0.3) is 0 Å². The van der Waals surface area contributed by atoms with Gasteiger partial charge in [0.05, 0.1) is 5.41 Å². The number of aromatic nitrogens is 2. The fraction of sp³-hybridized carbons (Fsp3) is 0.882. The molecule has 21 heavy (non-hydrogen) atoms. The first-order valence-electron chi connectivity index (χ1n) is 8.78. The van der Waals surface area contributed by atoms with Crippen LogP contribution in [0.3, 0.4) is 0 Å². The van der Waals surface area contributed by atoms with Crippen molar-refractivity contribution in [2.75, 3.05) is 13.1 Å². The molecule has 1 saturated heterocycles. The number of nitrogens with zero attached hydrogens (tertiary/aromatic N) is 2. The first kappa shape index (κ1) is 15.0. The minimum Gasteiger partial charge on any atom is -0.339 e. The van der Waals surface area contributed by atoms with Gasteiger partial charge in [-0.2, -0.15) is 4.98 Å². The molecule has 1 aromatic heterocycles. The van der Waals surface area contributed by atoms with Gasteiger partial charge in [-0.1, -0.05) is 38.3 Å². The van der Waals surface area contributed by atoms with Crippen LogP contribution in [-0.2, 0) is 5.41 Å². The van der Waals surface area contributed by atoms with E-state index < -0.39 is 0 Å². The summed E-state index contributed by atoms with van der Waals surface area (Å²) in [5.74, 6) is 3.25. The van der Waals surface area contributed by atoms with E-state index in [0.29, 0.717) is 5.92 Å². The van der Waals surface area contributed by atoms with E-state index in [9.17, 15) is 0 Å². The van der Waals surface area contributed by atoms with E-state index in [1.54, 1.807) is 0 Å². The molecule has 1 aliphatic carbocycles. The van der Waals surface area contributed by atoms with Gasteiger partial charge in [0.25, 0.3) is 0 Å². The Morgan fingerprint density at radius 3 is 2.76 bits per heavy atom. The van der Waals surface area contributed by atoms with Crippen molar-refractivity contribution >= 4 is 0 Å². The molecule has 1 atom stereocenters. The first-order valence-corrected chi connectivity index (χ1v) is 8.78. The fourth-order valence-corrected chi connectivity index (χ4v) is 4.08. The molecule has 2 fully saturated rings. The number of hydrogen-bond acceptors (Lipinski definition) is 4. The second-order valence-electron chi connectivity index (χ2n) is 7.23. The lowest BCUT2D eigenvalue weighted by Crippen LogP contribution is -2.43. The molecule has 0 radical (unpaired) electrons. The normalized spacial score (nSPS) is 34.0. The van der Waals surface area contributed by atoms with Crippen molar-refractivity contribution < 1.29 is 4.52 Å². The fourth-order valence-electron chi connectivity index (χ4n) is 4.08. The van der Waals surface area contributed by atoms with Crippen LogP contribution in [-0.4, -0.2) is 23.2 Å². The largest absolute Gasteiger partial charge is 0.339 e. The molecular weight excluding hydrogens is 262 g/mol. The summed E-state index contributed by atoms with van der Waals surface area (Å²) in [6.07, 6.45) is 9.74. The van der Waals surface area contributed by atoms with Gasteiger partial charge in [-0.25, -0.2) is 0 Å². The van der Waals surface area contributed by atoms with Gasteiger partial charge in [0, 0.05) is 12.5 Å². The standard InChI is InChI=1S/C17H29N3O/c1-3-9-17(10-4-11-18-12-17)16-19-15(20-21-16)14-7-5-13(2)6-8-14/h13-14,18H,3-12H2,1-2H3. The molecule has 3 rings (SSSR count). The maximum Gasteiger partial charge on any atom is 0.234 e. The van der Waals surface area contributed by atoms with E-state index >= 15 is 0 Å². The van der Waals surface area contributed by atoms with Crippen molar-refractivity contribution in [1.29, 1.82) is 0 Å². The zero-order chi connectivity index (χ0) is 14.7. The average Bonchev–Trinajstić information content (AvgIpc) is 3.00. The molecule has 118 valence electrons. The van der Waals surface area contributed by atoms with Crippen LogP contribution in [0.1, 0.15) is 82.8 Å². The van der Waals surface area contributed by atoms with Crippen molar-refractivity contribution in [3.63, 3.8) is 0 Å². The van der Waals surface area contributed by atoms with Gasteiger partial charge in [-0.15, -0.1) is 0 Å². The van der Waals surface area contributed by atoms with E-state index in [1.807, 2.05) is 0 Å². The van der Waals surface area contributed by atoms with Crippen molar-refractivity contribution in [1.82, 2.24) is 15.5 Å². The lowest BCUT2D eigenvalue weighted by molar-refractivity contribution is 0.212. The van der Waals surface area contributed by atoms with Crippen LogP contribution in [0.2, 0.25) is 0 Å². The van der Waals surface area contributed by atoms with Crippen molar-refractivity contribution in [2.24, 2.45) is 5.92 Å². The van der Waals surface area contributed by atoms with Gasteiger partial charge in [-0.05, 0) is 44.6 Å². The second-order valence-corrected chi connectivity index (χ2v) is 7.23. The van der Waals surface area contributed by atoms with E-state index in [0.717, 1.165) is 37.1 Å². The van der Waals surface area contributed by atoms with Gasteiger partial charge in [-0.3, -0.25) is 0 Å². The molecule has 0 spiro atoms. The van der Waals surface area contributed by atoms with Gasteiger partial charge < -0.3 is 9.84 Å². The van der Waals surface area contributed by atoms with Crippen LogP contribution < -0.4 is 5.32 Å². The Morgan fingerprint density at radius 1 is 1.29 bits per heavy atom. The Balaban J connectivity index is 1.76. The second kappa shape index (κ2) is 6.47. The van der Waals surface area contributed by atoms with Crippen LogP contribution in [0.5, 0.6) is 0 Å². The SMILES string of the molecule is CCCC1(c2nc(C3CCC(C)CC3)no2)CCCNC1. The molecular formula is C17H29N3O. The minimum atomic E-state index is 0.0835. The Bertz CT molecular complexity index is 437. The van der Waals surface area contributed by atoms with Crippen LogP contribution in [0, 0.1) is 5.92 Å². The average molecular weight is 291 g/mol. The summed E-state index contributed by atoms with van der Waals surface area (Å²) < 4.78 is 5.74. The third-order valence-electron chi connectivity index (χ3n) is 5.48. The number of nitrogens with one attached hydrogen (secondary N) is 1. The quantitative estimate of drug-likeness (QED) is 0.917. The van der Waals surface area contributed by atoms with Gasteiger partial charge in [0.1, 0.15) is 0 Å². The van der Waals surface area contributed by atoms with E-state index in [2.05, 4.69) is 24.3 Å². The van der Waals surface area contributed by atoms with Crippen LogP contribution >= 0.6 is 0 Å². The smallest absolute Gasteiger partial charge is 0.234 e. The summed E-state index contributed by atoms with van der Waals surface area (Å²) in [6, 6.07) is 0. The molecule has 1 aromatic rings. The molecule has 4 nitrogen and oxygen atoms in total. The van der Waals surface area contributed by atoms with Gasteiger partial charge in [0.15, 0.2) is 5.82 Å². The highest BCUT2D eigenvalue weighted by Crippen LogP contribution is 2.38. The molecule has 0 aromatic carbocycles. The number of hydrogen-bond donors (Lipinski definition) is 1. The van der Waals surface area contributed by atoms with Gasteiger partial charge in [0.2, 0.25) is 5.89 Å². The van der Waals surface area contributed by atoms with E-state index in [1.165, 1.54) is 44.9 Å². The van der Waals surface area contributed by atoms with E-state index in [4.69, 9.17) is 9.51 Å². The highest BCUT2D eigenvalue weighted by molar-refractivity contribution is 5.10. The molecule has 1 aliphatic heterocycles. The first-order chi connectivity index (χ1) is 10.2. The van der Waals surface area contributed by atoms with Crippen LogP contribution in [0.4, 0.5) is 0 Å². The van der Waals surface area contributed by atoms with Crippen LogP contribution in [0.15, 0.2) is 4.52 Å². The summed E-state index contributed by atoms with van der Waals surface area (Å²) in [5, 5.41) is 7.88. The summed E-state index contributed by atoms with van der Waals surface area (Å²) in [6.45, 7) is 6.70. The highest BCUT2D eigenvalue weighted by atomic mass is 16.5. The Morgan fingerprint density at radius 2 is 2.10 bits per heavy atom. The number of rotatable bonds is 4. The zero-order valence-electron chi connectivity index (χ0n) is 13.5. The summed E-state index contributed by atoms with van der Waals surface area (Å²) in [7, 11) is 0. The van der Waals surface area contributed by atoms with E-state index in [-0.39, 0.29) is 5.41 Å². The predicted octanol–water partition coefficient (Wildman–Crippen LogP) is 3.78. The molecule has 1 saturated carbocycles. The molecule has 2 aliphatic rings. The lowest BCUT2D eigenvalue weighted by Gasteiger charge is -2.34. The maximum absolute atomic E-state index is 5.74. The van der Waals surface area contributed by atoms with Crippen molar-refractivity contribution in [2.45, 2.75) is 76.5 Å². The summed E-state index contributed by atoms with van der Waals surface area (Å²) in [5.41, 5.74) is 0.0835. The predicted molar refractivity (Wildman–Crippen MR) is 83.4 cm³/mol. The molecule has 2 heterocycles.